The van der Waals surface area contributed by atoms with Crippen molar-refractivity contribution in [1.29, 1.82) is 0 Å². The van der Waals surface area contributed by atoms with E-state index in [1.165, 1.54) is 5.56 Å². The molecule has 4 rings (SSSR count). The number of rotatable bonds is 8. The number of nitrogens with two attached hydrogens (primary N) is 1. The molecule has 4 aromatic rings. The number of para-hydroxylation sites is 1. The van der Waals surface area contributed by atoms with Gasteiger partial charge < -0.3 is 20.2 Å². The maximum absolute atomic E-state index is 6.31. The van der Waals surface area contributed by atoms with Gasteiger partial charge in [0, 0.05) is 21.5 Å². The molecule has 1 aromatic heterocycles. The van der Waals surface area contributed by atoms with Gasteiger partial charge in [0.15, 0.2) is 0 Å². The fraction of sp³-hybridized carbons (Fsp3) is 0.200. The first-order valence-electron chi connectivity index (χ1n) is 10.1. The molecule has 5 heteroatoms. The largest absolute Gasteiger partial charge is 0.496 e. The van der Waals surface area contributed by atoms with E-state index in [9.17, 15) is 0 Å². The van der Waals surface area contributed by atoms with Crippen molar-refractivity contribution in [2.24, 2.45) is 5.73 Å². The number of aromatic amines is 1. The zero-order valence-corrected chi connectivity index (χ0v) is 17.7. The van der Waals surface area contributed by atoms with Crippen LogP contribution in [0.3, 0.4) is 0 Å². The van der Waals surface area contributed by atoms with E-state index in [-0.39, 0.29) is 0 Å². The molecule has 4 nitrogen and oxygen atoms in total. The molecule has 0 amide bonds. The number of fused-ring (bicyclic) bond motifs is 1. The zero-order valence-electron chi connectivity index (χ0n) is 17.0. The fourth-order valence-electron chi connectivity index (χ4n) is 3.73. The Bertz CT molecular complexity index is 1140. The summed E-state index contributed by atoms with van der Waals surface area (Å²) in [6.45, 7) is 0.681. The maximum Gasteiger partial charge on any atom is 0.128 e. The van der Waals surface area contributed by atoms with Gasteiger partial charge in [0.2, 0.25) is 0 Å². The van der Waals surface area contributed by atoms with Crippen LogP contribution in [0.25, 0.3) is 22.2 Å². The van der Waals surface area contributed by atoms with Crippen LogP contribution in [0.4, 0.5) is 0 Å². The van der Waals surface area contributed by atoms with Gasteiger partial charge in [-0.3, -0.25) is 0 Å². The van der Waals surface area contributed by atoms with Crippen LogP contribution in [0.1, 0.15) is 18.4 Å². The number of unbranched alkanes of at least 4 members (excludes halogenated alkanes) is 1. The minimum absolute atomic E-state index is 0.672. The van der Waals surface area contributed by atoms with Gasteiger partial charge in [0.05, 0.1) is 12.8 Å². The van der Waals surface area contributed by atoms with Gasteiger partial charge in [0.1, 0.15) is 17.2 Å². The molecule has 1 heterocycles. The van der Waals surface area contributed by atoms with Crippen LogP contribution in [-0.4, -0.2) is 18.6 Å². The lowest BCUT2D eigenvalue weighted by atomic mass is 9.99. The van der Waals surface area contributed by atoms with Crippen molar-refractivity contribution in [3.05, 3.63) is 77.3 Å². The van der Waals surface area contributed by atoms with E-state index in [0.717, 1.165) is 58.7 Å². The molecule has 0 spiro atoms. The molecule has 30 heavy (non-hydrogen) atoms. The van der Waals surface area contributed by atoms with Gasteiger partial charge >= 0.3 is 0 Å². The second-order valence-corrected chi connectivity index (χ2v) is 7.63. The lowest BCUT2D eigenvalue weighted by molar-refractivity contribution is 0.416. The molecule has 154 valence electrons. The number of halogens is 1. The van der Waals surface area contributed by atoms with Crippen molar-refractivity contribution in [1.82, 2.24) is 4.98 Å². The van der Waals surface area contributed by atoms with E-state index in [2.05, 4.69) is 17.1 Å². The molecule has 3 aromatic carbocycles. The summed E-state index contributed by atoms with van der Waals surface area (Å²) in [5.41, 5.74) is 9.99. The molecule has 0 saturated carbocycles. The Morgan fingerprint density at radius 2 is 1.77 bits per heavy atom. The number of hydrogen-bond acceptors (Lipinski definition) is 3. The second-order valence-electron chi connectivity index (χ2n) is 7.19. The Morgan fingerprint density at radius 1 is 0.933 bits per heavy atom. The van der Waals surface area contributed by atoms with Gasteiger partial charge in [-0.05, 0) is 79.9 Å². The van der Waals surface area contributed by atoms with Gasteiger partial charge in [-0.25, -0.2) is 0 Å². The van der Waals surface area contributed by atoms with Crippen LogP contribution in [0.2, 0.25) is 5.02 Å². The third-order valence-electron chi connectivity index (χ3n) is 5.17. The van der Waals surface area contributed by atoms with Crippen molar-refractivity contribution < 1.29 is 9.47 Å². The first-order chi connectivity index (χ1) is 14.7. The normalized spacial score (nSPS) is 11.0. The van der Waals surface area contributed by atoms with Crippen molar-refractivity contribution in [3.63, 3.8) is 0 Å². The molecular weight excluding hydrogens is 396 g/mol. The number of hydrogen-bond donors (Lipinski definition) is 2. The summed E-state index contributed by atoms with van der Waals surface area (Å²) < 4.78 is 11.7. The van der Waals surface area contributed by atoms with Crippen molar-refractivity contribution in [3.8, 4) is 28.5 Å². The second kappa shape index (κ2) is 9.24. The Labute approximate surface area is 181 Å². The average molecular weight is 421 g/mol. The van der Waals surface area contributed by atoms with Crippen LogP contribution < -0.4 is 15.2 Å². The number of nitrogens with one attached hydrogen (secondary N) is 1. The van der Waals surface area contributed by atoms with Crippen LogP contribution in [0.15, 0.2) is 66.7 Å². The first kappa shape index (κ1) is 20.3. The topological polar surface area (TPSA) is 60.3 Å². The third-order valence-corrected chi connectivity index (χ3v) is 5.40. The lowest BCUT2D eigenvalue weighted by Gasteiger charge is -2.11. The molecule has 0 radical (unpaired) electrons. The highest BCUT2D eigenvalue weighted by Gasteiger charge is 2.17. The predicted octanol–water partition coefficient (Wildman–Crippen LogP) is 6.57. The Hall–Kier alpha value is -2.95. The molecule has 0 saturated heterocycles. The average Bonchev–Trinajstić information content (AvgIpc) is 3.12. The van der Waals surface area contributed by atoms with E-state index >= 15 is 0 Å². The summed E-state index contributed by atoms with van der Waals surface area (Å²) in [4.78, 5) is 3.57. The molecular formula is C25H25ClN2O2. The molecule has 0 unspecified atom stereocenters. The molecule has 0 bridgehead atoms. The van der Waals surface area contributed by atoms with Crippen LogP contribution in [-0.2, 0) is 6.42 Å². The van der Waals surface area contributed by atoms with Gasteiger partial charge in [-0.15, -0.1) is 0 Å². The number of benzene rings is 3. The van der Waals surface area contributed by atoms with E-state index in [1.807, 2.05) is 54.6 Å². The van der Waals surface area contributed by atoms with Crippen molar-refractivity contribution in [2.75, 3.05) is 13.7 Å². The summed E-state index contributed by atoms with van der Waals surface area (Å²) in [7, 11) is 1.68. The standard InChI is InChI=1S/C25H25ClN2O2/c1-29-24-13-10-17(26)15-22(24)25-20(9-5-6-14-27)21-16-19(11-12-23(21)28-25)30-18-7-3-2-4-8-18/h2-4,7-8,10-13,15-16,28H,5-6,9,14,27H2,1H3. The minimum Gasteiger partial charge on any atom is -0.496 e. The summed E-state index contributed by atoms with van der Waals surface area (Å²) in [5, 5.41) is 1.81. The first-order valence-corrected chi connectivity index (χ1v) is 10.5. The fourth-order valence-corrected chi connectivity index (χ4v) is 3.90. The number of ether oxygens (including phenoxy) is 2. The summed E-state index contributed by atoms with van der Waals surface area (Å²) in [6, 6.07) is 21.6. The quantitative estimate of drug-likeness (QED) is 0.317. The number of H-pyrrole nitrogens is 1. The lowest BCUT2D eigenvalue weighted by Crippen LogP contribution is -1.99. The van der Waals surface area contributed by atoms with E-state index in [4.69, 9.17) is 26.8 Å². The minimum atomic E-state index is 0.672. The van der Waals surface area contributed by atoms with Crippen LogP contribution >= 0.6 is 11.6 Å². The molecule has 0 atom stereocenters. The van der Waals surface area contributed by atoms with Crippen molar-refractivity contribution in [2.45, 2.75) is 19.3 Å². The Kier molecular flexibility index (Phi) is 6.26. The van der Waals surface area contributed by atoms with Crippen LogP contribution in [0, 0.1) is 0 Å². The van der Waals surface area contributed by atoms with Gasteiger partial charge in [-0.1, -0.05) is 29.8 Å². The number of aromatic nitrogens is 1. The Morgan fingerprint density at radius 3 is 2.53 bits per heavy atom. The zero-order chi connectivity index (χ0) is 20.9. The summed E-state index contributed by atoms with van der Waals surface area (Å²) in [6.07, 6.45) is 2.87. The van der Waals surface area contributed by atoms with E-state index in [0.29, 0.717) is 11.6 Å². The SMILES string of the molecule is COc1ccc(Cl)cc1-c1[nH]c2ccc(Oc3ccccc3)cc2c1CCCCN. The predicted molar refractivity (Wildman–Crippen MR) is 124 cm³/mol. The van der Waals surface area contributed by atoms with Crippen molar-refractivity contribution >= 4 is 22.5 Å². The molecule has 0 aliphatic heterocycles. The smallest absolute Gasteiger partial charge is 0.128 e. The third kappa shape index (κ3) is 4.30. The highest BCUT2D eigenvalue weighted by Crippen LogP contribution is 2.39. The van der Waals surface area contributed by atoms with E-state index < -0.39 is 0 Å². The summed E-state index contributed by atoms with van der Waals surface area (Å²) in [5.74, 6) is 2.40. The van der Waals surface area contributed by atoms with Crippen LogP contribution in [0.5, 0.6) is 17.2 Å². The van der Waals surface area contributed by atoms with Gasteiger partial charge in [0.25, 0.3) is 0 Å². The summed E-state index contributed by atoms with van der Waals surface area (Å²) >= 11 is 6.31. The monoisotopic (exact) mass is 420 g/mol. The highest BCUT2D eigenvalue weighted by atomic mass is 35.5. The van der Waals surface area contributed by atoms with E-state index in [1.54, 1.807) is 7.11 Å². The maximum atomic E-state index is 6.31. The van der Waals surface area contributed by atoms with Gasteiger partial charge in [-0.2, -0.15) is 0 Å². The Balaban J connectivity index is 1.81. The molecule has 3 N–H and O–H groups in total. The number of aryl methyl sites for hydroxylation is 1. The highest BCUT2D eigenvalue weighted by molar-refractivity contribution is 6.31. The molecule has 0 aliphatic carbocycles. The molecule has 0 fully saturated rings. The number of methoxy groups -OCH3 is 1. The molecule has 0 aliphatic rings.